The van der Waals surface area contributed by atoms with Crippen LogP contribution in [0.1, 0.15) is 6.92 Å². The summed E-state index contributed by atoms with van der Waals surface area (Å²) in [7, 11) is -4.15. The zero-order valence-corrected chi connectivity index (χ0v) is 8.17. The Morgan fingerprint density at radius 3 is 2.11 bits per heavy atom. The van der Waals surface area contributed by atoms with Crippen molar-refractivity contribution in [1.29, 1.82) is 0 Å². The summed E-state index contributed by atoms with van der Waals surface area (Å²) in [6.07, 6.45) is -0.316. The molecule has 1 heterocycles. The topological polar surface area (TPSA) is 72.9 Å². The van der Waals surface area contributed by atoms with Crippen LogP contribution in [0.2, 0.25) is 0 Å². The zero-order chi connectivity index (χ0) is 6.36. The van der Waals surface area contributed by atoms with Gasteiger partial charge >= 0.3 is 29.6 Å². The van der Waals surface area contributed by atoms with E-state index in [0.717, 1.165) is 0 Å². The van der Waals surface area contributed by atoms with Crippen LogP contribution in [-0.4, -0.2) is 16.8 Å². The molecule has 1 N–H and O–H groups in total. The van der Waals surface area contributed by atoms with Crippen molar-refractivity contribution in [2.75, 3.05) is 0 Å². The standard InChI is InChI=1S/C3H7O4P.Na/c1-2-3(7-2)8(4,5)6;/h2-3H,1H3,(H2,4,5,6);/q;+1/p-1/t2-,3+;/m0./s1. The molecule has 0 aromatic carbocycles. The van der Waals surface area contributed by atoms with Crippen molar-refractivity contribution >= 4 is 7.60 Å². The molecule has 48 valence electrons. The quantitative estimate of drug-likeness (QED) is 0.243. The maximum absolute atomic E-state index is 10.1. The van der Waals surface area contributed by atoms with Gasteiger partial charge < -0.3 is 19.1 Å². The Balaban J connectivity index is 0.000000640. The smallest absolute Gasteiger partial charge is 0.777 e. The molecule has 0 radical (unpaired) electrons. The molecule has 6 heteroatoms. The Morgan fingerprint density at radius 2 is 2.11 bits per heavy atom. The third kappa shape index (κ3) is 2.68. The van der Waals surface area contributed by atoms with E-state index in [-0.39, 0.29) is 35.7 Å². The van der Waals surface area contributed by atoms with Gasteiger partial charge in [0, 0.05) is 0 Å². The molecule has 0 aromatic heterocycles. The molecule has 1 saturated heterocycles. The molecule has 1 aliphatic rings. The van der Waals surface area contributed by atoms with E-state index in [1.165, 1.54) is 0 Å². The molecule has 1 fully saturated rings. The second-order valence-corrected chi connectivity index (χ2v) is 3.43. The monoisotopic (exact) mass is 160 g/mol. The molecule has 0 amide bonds. The number of ether oxygens (including phenoxy) is 1. The van der Waals surface area contributed by atoms with Crippen LogP contribution in [0, 0.1) is 0 Å². The van der Waals surface area contributed by atoms with Crippen molar-refractivity contribution in [2.45, 2.75) is 18.9 Å². The van der Waals surface area contributed by atoms with Crippen molar-refractivity contribution in [1.82, 2.24) is 0 Å². The van der Waals surface area contributed by atoms with Crippen LogP contribution in [0.5, 0.6) is 0 Å². The average Bonchev–Trinajstić information content (AvgIpc) is 2.13. The minimum Gasteiger partial charge on any atom is -0.777 e. The zero-order valence-electron chi connectivity index (χ0n) is 5.27. The van der Waals surface area contributed by atoms with Crippen LogP contribution >= 0.6 is 7.60 Å². The maximum atomic E-state index is 10.1. The van der Waals surface area contributed by atoms with Crippen LogP contribution in [0.25, 0.3) is 0 Å². The Kier molecular flexibility index (Phi) is 3.38. The summed E-state index contributed by atoms with van der Waals surface area (Å²) < 4.78 is 14.5. The fourth-order valence-corrected chi connectivity index (χ4v) is 1.39. The van der Waals surface area contributed by atoms with E-state index in [1.807, 2.05) is 0 Å². The van der Waals surface area contributed by atoms with E-state index in [1.54, 1.807) is 6.92 Å². The van der Waals surface area contributed by atoms with Crippen LogP contribution in [-0.2, 0) is 9.30 Å². The van der Waals surface area contributed by atoms with E-state index in [0.29, 0.717) is 0 Å². The van der Waals surface area contributed by atoms with Crippen molar-refractivity contribution < 1.29 is 48.6 Å². The van der Waals surface area contributed by atoms with E-state index >= 15 is 0 Å². The molecule has 1 unspecified atom stereocenters. The third-order valence-electron chi connectivity index (χ3n) is 1.00. The number of hydrogen-bond acceptors (Lipinski definition) is 3. The van der Waals surface area contributed by atoms with Gasteiger partial charge in [0.15, 0.2) is 7.60 Å². The minimum atomic E-state index is -4.15. The van der Waals surface area contributed by atoms with Gasteiger partial charge in [-0.1, -0.05) is 0 Å². The Morgan fingerprint density at radius 1 is 1.78 bits per heavy atom. The van der Waals surface area contributed by atoms with Gasteiger partial charge in [0.05, 0.1) is 6.10 Å². The first kappa shape index (κ1) is 10.1. The SMILES string of the molecule is C[C@@H]1O[C@@H]1P(=O)([O-])O.[Na+]. The van der Waals surface area contributed by atoms with Gasteiger partial charge in [0.25, 0.3) is 0 Å². The molecular formula is C3H6NaO4P. The van der Waals surface area contributed by atoms with Crippen molar-refractivity contribution in [3.8, 4) is 0 Å². The van der Waals surface area contributed by atoms with Crippen LogP contribution < -0.4 is 34.5 Å². The van der Waals surface area contributed by atoms with Crippen molar-refractivity contribution in [3.63, 3.8) is 0 Å². The van der Waals surface area contributed by atoms with Crippen LogP contribution in [0.3, 0.4) is 0 Å². The fraction of sp³-hybridized carbons (Fsp3) is 1.00. The van der Waals surface area contributed by atoms with Gasteiger partial charge in [0.1, 0.15) is 5.85 Å². The summed E-state index contributed by atoms with van der Waals surface area (Å²) in [5.74, 6) is -0.928. The van der Waals surface area contributed by atoms with Gasteiger partial charge in [-0.05, 0) is 6.92 Å². The molecule has 0 spiro atoms. The third-order valence-corrected chi connectivity index (χ3v) is 2.19. The number of rotatable bonds is 1. The van der Waals surface area contributed by atoms with E-state index in [2.05, 4.69) is 4.74 Å². The Labute approximate surface area is 75.0 Å². The van der Waals surface area contributed by atoms with E-state index < -0.39 is 13.4 Å². The first-order valence-corrected chi connectivity index (χ1v) is 3.85. The predicted molar refractivity (Wildman–Crippen MR) is 24.2 cm³/mol. The van der Waals surface area contributed by atoms with Gasteiger partial charge in [-0.15, -0.1) is 0 Å². The van der Waals surface area contributed by atoms with Gasteiger partial charge in [0.2, 0.25) is 0 Å². The van der Waals surface area contributed by atoms with Gasteiger partial charge in [-0.25, -0.2) is 0 Å². The summed E-state index contributed by atoms with van der Waals surface area (Å²) in [4.78, 5) is 18.3. The van der Waals surface area contributed by atoms with Crippen LogP contribution in [0.4, 0.5) is 0 Å². The summed E-state index contributed by atoms with van der Waals surface area (Å²) >= 11 is 0. The first-order valence-electron chi connectivity index (χ1n) is 2.21. The summed E-state index contributed by atoms with van der Waals surface area (Å²) in [5.41, 5.74) is 0. The molecule has 0 bridgehead atoms. The first-order chi connectivity index (χ1) is 3.52. The molecule has 0 aromatic rings. The Hall–Kier alpha value is 1.11. The molecule has 9 heavy (non-hydrogen) atoms. The van der Waals surface area contributed by atoms with E-state index in [9.17, 15) is 9.46 Å². The second kappa shape index (κ2) is 3.01. The molecule has 1 aliphatic heterocycles. The predicted octanol–water partition coefficient (Wildman–Crippen LogP) is -3.72. The molecule has 3 atom stereocenters. The molecule has 0 aliphatic carbocycles. The van der Waals surface area contributed by atoms with Crippen molar-refractivity contribution in [3.05, 3.63) is 0 Å². The number of hydrogen-bond donors (Lipinski definition) is 1. The van der Waals surface area contributed by atoms with Crippen molar-refractivity contribution in [2.24, 2.45) is 0 Å². The molecular weight excluding hydrogens is 154 g/mol. The molecule has 4 nitrogen and oxygen atoms in total. The maximum Gasteiger partial charge on any atom is 1.00 e. The van der Waals surface area contributed by atoms with Gasteiger partial charge in [-0.2, -0.15) is 0 Å². The molecule has 0 saturated carbocycles. The Bertz CT molecular complexity index is 143. The largest absolute Gasteiger partial charge is 1.00 e. The fourth-order valence-electron chi connectivity index (χ4n) is 0.517. The van der Waals surface area contributed by atoms with Crippen LogP contribution in [0.15, 0.2) is 0 Å². The number of epoxide rings is 1. The van der Waals surface area contributed by atoms with E-state index in [4.69, 9.17) is 4.89 Å². The average molecular weight is 160 g/mol. The van der Waals surface area contributed by atoms with Gasteiger partial charge in [-0.3, -0.25) is 0 Å². The minimum absolute atomic E-state index is 0. The second-order valence-electron chi connectivity index (χ2n) is 1.80. The normalized spacial score (nSPS) is 38.6. The summed E-state index contributed by atoms with van der Waals surface area (Å²) in [5, 5.41) is 0. The molecule has 1 rings (SSSR count). The summed E-state index contributed by atoms with van der Waals surface area (Å²) in [6.45, 7) is 1.59. The summed E-state index contributed by atoms with van der Waals surface area (Å²) in [6, 6.07) is 0.